The molecule has 0 amide bonds. The Bertz CT molecular complexity index is 563. The minimum Gasteiger partial charge on any atom is -0.248 e. The number of nitrogens with zero attached hydrogens (tertiary/aromatic N) is 2. The van der Waals surface area contributed by atoms with Crippen molar-refractivity contribution in [1.82, 2.24) is 9.97 Å². The molecule has 0 bridgehead atoms. The molecule has 1 unspecified atom stereocenters. The van der Waals surface area contributed by atoms with Crippen molar-refractivity contribution in [3.63, 3.8) is 0 Å². The van der Waals surface area contributed by atoms with Gasteiger partial charge in [-0.3, -0.25) is 0 Å². The lowest BCUT2D eigenvalue weighted by molar-refractivity contribution is 0.296. The third-order valence-electron chi connectivity index (χ3n) is 4.17. The van der Waals surface area contributed by atoms with Crippen LogP contribution in [0.3, 0.4) is 0 Å². The first kappa shape index (κ1) is 17.6. The van der Waals surface area contributed by atoms with E-state index in [1.807, 2.05) is 26.2 Å². The Morgan fingerprint density at radius 2 is 1.61 bits per heavy atom. The van der Waals surface area contributed by atoms with Gasteiger partial charge in [0.25, 0.3) is 0 Å². The predicted octanol–water partition coefficient (Wildman–Crippen LogP) is 5.69. The molecule has 0 fully saturated rings. The molecule has 2 aromatic rings. The Hall–Kier alpha value is -1.77. The molecule has 23 heavy (non-hydrogen) atoms. The van der Waals surface area contributed by atoms with Gasteiger partial charge in [-0.25, -0.2) is 14.4 Å². The number of hydrogen-bond acceptors (Lipinski definition) is 2. The molecule has 124 valence electrons. The van der Waals surface area contributed by atoms with Gasteiger partial charge in [-0.15, -0.1) is 0 Å². The first-order valence-corrected chi connectivity index (χ1v) is 8.71. The highest BCUT2D eigenvalue weighted by Crippen LogP contribution is 2.17. The molecule has 1 aromatic carbocycles. The van der Waals surface area contributed by atoms with E-state index in [0.717, 1.165) is 42.6 Å². The zero-order valence-corrected chi connectivity index (χ0v) is 14.3. The number of halogens is 1. The van der Waals surface area contributed by atoms with Crippen molar-refractivity contribution >= 4 is 0 Å². The fraction of sp³-hybridized carbons (Fsp3) is 0.500. The van der Waals surface area contributed by atoms with Crippen molar-refractivity contribution < 1.29 is 4.39 Å². The highest BCUT2D eigenvalue weighted by molar-refractivity contribution is 5.55. The van der Waals surface area contributed by atoms with Gasteiger partial charge in [0.2, 0.25) is 0 Å². The quantitative estimate of drug-likeness (QED) is 0.555. The maximum atomic E-state index is 13.1. The summed E-state index contributed by atoms with van der Waals surface area (Å²) >= 11 is 0. The largest absolute Gasteiger partial charge is 0.248 e. The molecule has 1 atom stereocenters. The van der Waals surface area contributed by atoms with E-state index in [1.54, 1.807) is 0 Å². The molecule has 2 nitrogen and oxygen atoms in total. The maximum Gasteiger partial charge on any atom is 0.159 e. The maximum absolute atomic E-state index is 13.1. The van der Waals surface area contributed by atoms with Crippen molar-refractivity contribution in [3.8, 4) is 11.4 Å². The van der Waals surface area contributed by atoms with Gasteiger partial charge in [0, 0.05) is 18.0 Å². The number of aromatic nitrogens is 2. The van der Waals surface area contributed by atoms with Crippen molar-refractivity contribution in [2.45, 2.75) is 65.0 Å². The highest BCUT2D eigenvalue weighted by atomic mass is 19.1. The van der Waals surface area contributed by atoms with Gasteiger partial charge in [0.1, 0.15) is 0 Å². The van der Waals surface area contributed by atoms with Gasteiger partial charge in [0.15, 0.2) is 5.82 Å². The van der Waals surface area contributed by atoms with Gasteiger partial charge in [-0.1, -0.05) is 50.5 Å². The lowest BCUT2D eigenvalue weighted by Crippen LogP contribution is -1.96. The third-order valence-corrected chi connectivity index (χ3v) is 4.17. The van der Waals surface area contributed by atoms with E-state index in [2.05, 4.69) is 34.2 Å². The summed E-state index contributed by atoms with van der Waals surface area (Å²) in [6.07, 6.45) is 10.0. The second-order valence-electron chi connectivity index (χ2n) is 6.24. The van der Waals surface area contributed by atoms with Crippen LogP contribution in [0, 0.1) is 6.92 Å². The summed E-state index contributed by atoms with van der Waals surface area (Å²) in [4.78, 5) is 8.71. The Morgan fingerprint density at radius 3 is 2.26 bits per heavy atom. The lowest BCUT2D eigenvalue weighted by atomic mass is 10.0. The molecule has 0 spiro atoms. The second kappa shape index (κ2) is 9.39. The number of rotatable bonds is 9. The molecule has 1 heterocycles. The summed E-state index contributed by atoms with van der Waals surface area (Å²) in [5.41, 5.74) is 3.48. The SMILES string of the molecule is CCC(F)CCCCCCc1ccc(-c2ncc(C)cn2)cc1. The van der Waals surface area contributed by atoms with Crippen LogP contribution in [0.2, 0.25) is 0 Å². The topological polar surface area (TPSA) is 25.8 Å². The molecule has 0 aliphatic rings. The van der Waals surface area contributed by atoms with E-state index in [1.165, 1.54) is 18.4 Å². The summed E-state index contributed by atoms with van der Waals surface area (Å²) in [6.45, 7) is 3.90. The summed E-state index contributed by atoms with van der Waals surface area (Å²) in [6, 6.07) is 8.50. The summed E-state index contributed by atoms with van der Waals surface area (Å²) in [5, 5.41) is 0. The van der Waals surface area contributed by atoms with Crippen molar-refractivity contribution in [2.75, 3.05) is 0 Å². The Balaban J connectivity index is 1.72. The zero-order chi connectivity index (χ0) is 16.5. The number of benzene rings is 1. The highest BCUT2D eigenvalue weighted by Gasteiger charge is 2.03. The molecule has 0 aliphatic carbocycles. The van der Waals surface area contributed by atoms with Gasteiger partial charge in [-0.2, -0.15) is 0 Å². The van der Waals surface area contributed by atoms with Crippen LogP contribution in [0.1, 0.15) is 56.6 Å². The van der Waals surface area contributed by atoms with Crippen molar-refractivity contribution in [2.24, 2.45) is 0 Å². The molecule has 1 aromatic heterocycles. The van der Waals surface area contributed by atoms with Crippen LogP contribution in [-0.2, 0) is 6.42 Å². The van der Waals surface area contributed by atoms with Gasteiger partial charge in [-0.05, 0) is 43.7 Å². The van der Waals surface area contributed by atoms with E-state index in [9.17, 15) is 4.39 Å². The molecule has 3 heteroatoms. The molecule has 0 saturated heterocycles. The van der Waals surface area contributed by atoms with E-state index >= 15 is 0 Å². The standard InChI is InChI=1S/C20H27FN2/c1-3-19(21)9-7-5-4-6-8-17-10-12-18(13-11-17)20-22-14-16(2)15-23-20/h10-15,19H,3-9H2,1-2H3. The van der Waals surface area contributed by atoms with E-state index < -0.39 is 6.17 Å². The minimum atomic E-state index is -0.605. The molecule has 0 saturated carbocycles. The zero-order valence-electron chi connectivity index (χ0n) is 14.3. The molecular weight excluding hydrogens is 287 g/mol. The summed E-state index contributed by atoms with van der Waals surface area (Å²) in [5.74, 6) is 0.777. The minimum absolute atomic E-state index is 0.605. The first-order valence-electron chi connectivity index (χ1n) is 8.71. The Kier molecular flexibility index (Phi) is 7.18. The Morgan fingerprint density at radius 1 is 0.957 bits per heavy atom. The Labute approximate surface area is 139 Å². The molecule has 2 rings (SSSR count). The average molecular weight is 314 g/mol. The molecule has 0 N–H and O–H groups in total. The van der Waals surface area contributed by atoms with Crippen LogP contribution in [0.15, 0.2) is 36.7 Å². The third kappa shape index (κ3) is 6.09. The fourth-order valence-corrected chi connectivity index (χ4v) is 2.61. The van der Waals surface area contributed by atoms with Crippen LogP contribution < -0.4 is 0 Å². The second-order valence-corrected chi connectivity index (χ2v) is 6.24. The normalized spacial score (nSPS) is 12.3. The van der Waals surface area contributed by atoms with Crippen LogP contribution >= 0.6 is 0 Å². The van der Waals surface area contributed by atoms with E-state index in [0.29, 0.717) is 6.42 Å². The van der Waals surface area contributed by atoms with Gasteiger partial charge < -0.3 is 0 Å². The van der Waals surface area contributed by atoms with Crippen LogP contribution in [-0.4, -0.2) is 16.1 Å². The first-order chi connectivity index (χ1) is 11.2. The number of aryl methyl sites for hydroxylation is 2. The fourth-order valence-electron chi connectivity index (χ4n) is 2.61. The number of alkyl halides is 1. The monoisotopic (exact) mass is 314 g/mol. The molecular formula is C20H27FN2. The van der Waals surface area contributed by atoms with Gasteiger partial charge >= 0.3 is 0 Å². The van der Waals surface area contributed by atoms with Crippen LogP contribution in [0.4, 0.5) is 4.39 Å². The number of hydrogen-bond donors (Lipinski definition) is 0. The van der Waals surface area contributed by atoms with E-state index in [4.69, 9.17) is 0 Å². The number of unbranched alkanes of at least 4 members (excludes halogenated alkanes) is 3. The average Bonchev–Trinajstić information content (AvgIpc) is 2.59. The molecule has 0 radical (unpaired) electrons. The predicted molar refractivity (Wildman–Crippen MR) is 94.2 cm³/mol. The van der Waals surface area contributed by atoms with E-state index in [-0.39, 0.29) is 0 Å². The summed E-state index contributed by atoms with van der Waals surface area (Å²) < 4.78 is 13.1. The van der Waals surface area contributed by atoms with Crippen molar-refractivity contribution in [1.29, 1.82) is 0 Å². The van der Waals surface area contributed by atoms with Crippen LogP contribution in [0.5, 0.6) is 0 Å². The van der Waals surface area contributed by atoms with Crippen LogP contribution in [0.25, 0.3) is 11.4 Å². The van der Waals surface area contributed by atoms with Gasteiger partial charge in [0.05, 0.1) is 6.17 Å². The smallest absolute Gasteiger partial charge is 0.159 e. The van der Waals surface area contributed by atoms with Crippen molar-refractivity contribution in [3.05, 3.63) is 47.8 Å². The lowest BCUT2D eigenvalue weighted by Gasteiger charge is -2.06. The molecule has 0 aliphatic heterocycles. The summed E-state index contributed by atoms with van der Waals surface area (Å²) in [7, 11) is 0.